The van der Waals surface area contributed by atoms with Gasteiger partial charge in [0.25, 0.3) is 5.91 Å². The van der Waals surface area contributed by atoms with Crippen LogP contribution in [0.4, 0.5) is 0 Å². The third kappa shape index (κ3) is 4.55. The van der Waals surface area contributed by atoms with Gasteiger partial charge >= 0.3 is 0 Å². The van der Waals surface area contributed by atoms with Crippen LogP contribution in [0, 0.1) is 0 Å². The molecule has 3 aromatic rings. The number of nitrogens with zero attached hydrogens (tertiary/aromatic N) is 2. The summed E-state index contributed by atoms with van der Waals surface area (Å²) < 4.78 is 0. The molecule has 0 spiro atoms. The maximum Gasteiger partial charge on any atom is 0.267 e. The Morgan fingerprint density at radius 3 is 2.68 bits per heavy atom. The number of nitrogens with one attached hydrogen (secondary N) is 2. The summed E-state index contributed by atoms with van der Waals surface area (Å²) >= 11 is 6.02. The Balaban J connectivity index is 1.36. The predicted molar refractivity (Wildman–Crippen MR) is 114 cm³/mol. The van der Waals surface area contributed by atoms with Gasteiger partial charge < -0.3 is 15.2 Å². The first kappa shape index (κ1) is 19.0. The summed E-state index contributed by atoms with van der Waals surface area (Å²) in [5.74, 6) is -0.114. The first-order valence-electron chi connectivity index (χ1n) is 9.62. The molecular weight excluding hydrogens is 372 g/mol. The fraction of sp³-hybridized carbons (Fsp3) is 0.318. The normalized spacial score (nSPS) is 15.8. The number of H-pyrrole nitrogens is 1. The van der Waals surface area contributed by atoms with E-state index in [0.717, 1.165) is 49.2 Å². The van der Waals surface area contributed by atoms with E-state index in [0.29, 0.717) is 17.3 Å². The summed E-state index contributed by atoms with van der Waals surface area (Å²) in [6.45, 7) is 5.89. The molecule has 1 amide bonds. The van der Waals surface area contributed by atoms with Crippen LogP contribution in [0.5, 0.6) is 0 Å². The Hall–Kier alpha value is -2.34. The first-order chi connectivity index (χ1) is 13.6. The fourth-order valence-corrected chi connectivity index (χ4v) is 3.79. The Labute approximate surface area is 170 Å². The van der Waals surface area contributed by atoms with Crippen molar-refractivity contribution in [3.8, 4) is 0 Å². The van der Waals surface area contributed by atoms with Crippen LogP contribution in [0.3, 0.4) is 0 Å². The van der Waals surface area contributed by atoms with Crippen LogP contribution < -0.4 is 5.32 Å². The van der Waals surface area contributed by atoms with Crippen molar-refractivity contribution in [3.05, 3.63) is 70.4 Å². The zero-order valence-electron chi connectivity index (χ0n) is 16.0. The lowest BCUT2D eigenvalue weighted by Crippen LogP contribution is -2.43. The van der Waals surface area contributed by atoms with Crippen molar-refractivity contribution in [2.75, 3.05) is 33.2 Å². The number of piperazine rings is 1. The Morgan fingerprint density at radius 1 is 1.07 bits per heavy atom. The van der Waals surface area contributed by atoms with Crippen molar-refractivity contribution in [3.63, 3.8) is 0 Å². The number of rotatable bonds is 5. The van der Waals surface area contributed by atoms with E-state index in [2.05, 4.69) is 51.4 Å². The molecule has 0 bridgehead atoms. The zero-order valence-corrected chi connectivity index (χ0v) is 16.8. The molecule has 1 fully saturated rings. The SMILES string of the molecule is CN1CCN(Cc2cccc(CNC(=O)c3cc4cc(Cl)ccc4[nH]3)c2)CC1. The molecule has 1 aliphatic heterocycles. The third-order valence-corrected chi connectivity index (χ3v) is 5.51. The molecular formula is C22H25ClN4O. The predicted octanol–water partition coefficient (Wildman–Crippen LogP) is 3.50. The highest BCUT2D eigenvalue weighted by Crippen LogP contribution is 2.20. The topological polar surface area (TPSA) is 51.4 Å². The molecule has 6 heteroatoms. The number of benzene rings is 2. The molecule has 0 radical (unpaired) electrons. The minimum Gasteiger partial charge on any atom is -0.351 e. The zero-order chi connectivity index (χ0) is 19.5. The molecule has 4 rings (SSSR count). The number of aromatic nitrogens is 1. The van der Waals surface area contributed by atoms with Gasteiger partial charge in [-0.3, -0.25) is 9.69 Å². The maximum atomic E-state index is 12.5. The van der Waals surface area contributed by atoms with Gasteiger partial charge in [0.1, 0.15) is 5.69 Å². The van der Waals surface area contributed by atoms with Crippen LogP contribution in [0.2, 0.25) is 5.02 Å². The second-order valence-electron chi connectivity index (χ2n) is 7.50. The van der Waals surface area contributed by atoms with Crippen LogP contribution in [0.25, 0.3) is 10.9 Å². The molecule has 0 saturated carbocycles. The number of hydrogen-bond donors (Lipinski definition) is 2. The summed E-state index contributed by atoms with van der Waals surface area (Å²) in [4.78, 5) is 20.5. The minimum atomic E-state index is -0.114. The first-order valence-corrected chi connectivity index (χ1v) is 10.00. The summed E-state index contributed by atoms with van der Waals surface area (Å²) in [6, 6.07) is 15.8. The van der Waals surface area contributed by atoms with E-state index >= 15 is 0 Å². The highest BCUT2D eigenvalue weighted by molar-refractivity contribution is 6.31. The Kier molecular flexibility index (Phi) is 5.67. The van der Waals surface area contributed by atoms with Gasteiger partial charge in [-0.2, -0.15) is 0 Å². The van der Waals surface area contributed by atoms with E-state index in [9.17, 15) is 4.79 Å². The van der Waals surface area contributed by atoms with Gasteiger partial charge in [0, 0.05) is 55.2 Å². The van der Waals surface area contributed by atoms with Crippen molar-refractivity contribution < 1.29 is 4.79 Å². The molecule has 0 atom stereocenters. The Bertz CT molecular complexity index is 976. The number of carbonyl (C=O) groups excluding carboxylic acids is 1. The average molecular weight is 397 g/mol. The van der Waals surface area contributed by atoms with Crippen LogP contribution in [0.1, 0.15) is 21.6 Å². The molecule has 1 aliphatic rings. The second-order valence-corrected chi connectivity index (χ2v) is 7.93. The maximum absolute atomic E-state index is 12.5. The number of amides is 1. The number of fused-ring (bicyclic) bond motifs is 1. The average Bonchev–Trinajstić information content (AvgIpc) is 3.11. The second kappa shape index (κ2) is 8.35. The van der Waals surface area contributed by atoms with Crippen LogP contribution in [-0.4, -0.2) is 53.9 Å². The number of hydrogen-bond acceptors (Lipinski definition) is 3. The monoisotopic (exact) mass is 396 g/mol. The van der Waals surface area contributed by atoms with Gasteiger partial charge in [-0.1, -0.05) is 35.9 Å². The van der Waals surface area contributed by atoms with Crippen molar-refractivity contribution >= 4 is 28.4 Å². The number of aromatic amines is 1. The summed E-state index contributed by atoms with van der Waals surface area (Å²) in [5.41, 5.74) is 3.85. The molecule has 2 aromatic carbocycles. The standard InChI is InChI=1S/C22H25ClN4O/c1-26-7-9-27(10-8-26)15-17-4-2-3-16(11-17)14-24-22(28)21-13-18-12-19(23)5-6-20(18)25-21/h2-6,11-13,25H,7-10,14-15H2,1H3,(H,24,28). The van der Waals surface area contributed by atoms with E-state index in [1.165, 1.54) is 5.56 Å². The lowest BCUT2D eigenvalue weighted by Gasteiger charge is -2.32. The third-order valence-electron chi connectivity index (χ3n) is 5.27. The fourth-order valence-electron chi connectivity index (χ4n) is 3.61. The van der Waals surface area contributed by atoms with Crippen molar-refractivity contribution in [2.24, 2.45) is 0 Å². The molecule has 1 aromatic heterocycles. The molecule has 2 N–H and O–H groups in total. The summed E-state index contributed by atoms with van der Waals surface area (Å²) in [7, 11) is 2.17. The van der Waals surface area contributed by atoms with E-state index in [1.807, 2.05) is 24.3 Å². The van der Waals surface area contributed by atoms with Gasteiger partial charge in [-0.05, 0) is 42.4 Å². The largest absolute Gasteiger partial charge is 0.351 e. The minimum absolute atomic E-state index is 0.114. The molecule has 146 valence electrons. The van der Waals surface area contributed by atoms with E-state index < -0.39 is 0 Å². The molecule has 5 nitrogen and oxygen atoms in total. The van der Waals surface area contributed by atoms with Gasteiger partial charge in [-0.25, -0.2) is 0 Å². The van der Waals surface area contributed by atoms with Crippen molar-refractivity contribution in [1.82, 2.24) is 20.1 Å². The van der Waals surface area contributed by atoms with Gasteiger partial charge in [-0.15, -0.1) is 0 Å². The van der Waals surface area contributed by atoms with E-state index in [1.54, 1.807) is 0 Å². The van der Waals surface area contributed by atoms with Gasteiger partial charge in [0.2, 0.25) is 0 Å². The molecule has 2 heterocycles. The highest BCUT2D eigenvalue weighted by atomic mass is 35.5. The molecule has 28 heavy (non-hydrogen) atoms. The number of halogens is 1. The molecule has 1 saturated heterocycles. The summed E-state index contributed by atoms with van der Waals surface area (Å²) in [6.07, 6.45) is 0. The molecule has 0 unspecified atom stereocenters. The number of carbonyl (C=O) groups is 1. The van der Waals surface area contributed by atoms with Crippen molar-refractivity contribution in [1.29, 1.82) is 0 Å². The smallest absolute Gasteiger partial charge is 0.267 e. The Morgan fingerprint density at radius 2 is 1.86 bits per heavy atom. The molecule has 0 aliphatic carbocycles. The summed E-state index contributed by atoms with van der Waals surface area (Å²) in [5, 5.41) is 4.60. The van der Waals surface area contributed by atoms with Gasteiger partial charge in [0.05, 0.1) is 0 Å². The van der Waals surface area contributed by atoms with Crippen molar-refractivity contribution in [2.45, 2.75) is 13.1 Å². The number of likely N-dealkylation sites (N-methyl/N-ethyl adjacent to an activating group) is 1. The van der Waals surface area contributed by atoms with E-state index in [-0.39, 0.29) is 5.91 Å². The lowest BCUT2D eigenvalue weighted by molar-refractivity contribution is 0.0946. The van der Waals surface area contributed by atoms with E-state index in [4.69, 9.17) is 11.6 Å². The highest BCUT2D eigenvalue weighted by Gasteiger charge is 2.14. The van der Waals surface area contributed by atoms with Crippen LogP contribution >= 0.6 is 11.6 Å². The lowest BCUT2D eigenvalue weighted by atomic mass is 10.1. The quantitative estimate of drug-likeness (QED) is 0.694. The van der Waals surface area contributed by atoms with Crippen LogP contribution in [-0.2, 0) is 13.1 Å². The van der Waals surface area contributed by atoms with Crippen LogP contribution in [0.15, 0.2) is 48.5 Å². The van der Waals surface area contributed by atoms with Gasteiger partial charge in [0.15, 0.2) is 0 Å².